The van der Waals surface area contributed by atoms with Gasteiger partial charge < -0.3 is 10.9 Å². The normalized spacial score (nSPS) is 11.6. The maximum absolute atomic E-state index is 8.78. The summed E-state index contributed by atoms with van der Waals surface area (Å²) in [7, 11) is 0. The molecule has 0 amide bonds. The Hall–Kier alpha value is -2.01. The summed E-state index contributed by atoms with van der Waals surface area (Å²) >= 11 is 1.71. The molecule has 0 spiro atoms. The fraction of sp³-hybridized carbons (Fsp3) is 0.200. The molecule has 5 heteroatoms. The molecular formula is C15H17N3OS. The summed E-state index contributed by atoms with van der Waals surface area (Å²) in [6.45, 7) is 4.20. The topological polar surface area (TPSA) is 71.5 Å². The molecule has 20 heavy (non-hydrogen) atoms. The van der Waals surface area contributed by atoms with E-state index >= 15 is 0 Å². The Kier molecular flexibility index (Phi) is 4.63. The molecular weight excluding hydrogens is 270 g/mol. The van der Waals surface area contributed by atoms with Crippen molar-refractivity contribution in [2.24, 2.45) is 10.9 Å². The van der Waals surface area contributed by atoms with Crippen molar-refractivity contribution in [2.75, 3.05) is 0 Å². The van der Waals surface area contributed by atoms with E-state index in [1.165, 1.54) is 16.0 Å². The van der Waals surface area contributed by atoms with Gasteiger partial charge in [-0.2, -0.15) is 0 Å². The summed E-state index contributed by atoms with van der Waals surface area (Å²) < 4.78 is 0. The SMILES string of the molecule is Cc1ccc(SCc2cccnc2C(N)=NO)cc1C. The summed E-state index contributed by atoms with van der Waals surface area (Å²) in [6.07, 6.45) is 1.64. The number of oxime groups is 1. The molecule has 3 N–H and O–H groups in total. The van der Waals surface area contributed by atoms with Crippen LogP contribution in [0.2, 0.25) is 0 Å². The number of nitrogens with two attached hydrogens (primary N) is 1. The van der Waals surface area contributed by atoms with E-state index < -0.39 is 0 Å². The number of aryl methyl sites for hydroxylation is 2. The third-order valence-electron chi connectivity index (χ3n) is 3.11. The number of nitrogens with zero attached hydrogens (tertiary/aromatic N) is 2. The summed E-state index contributed by atoms with van der Waals surface area (Å²) in [6, 6.07) is 10.2. The van der Waals surface area contributed by atoms with E-state index in [1.54, 1.807) is 18.0 Å². The van der Waals surface area contributed by atoms with Crippen molar-refractivity contribution >= 4 is 17.6 Å². The molecule has 0 bridgehead atoms. The van der Waals surface area contributed by atoms with Crippen LogP contribution in [0.4, 0.5) is 0 Å². The molecule has 0 unspecified atom stereocenters. The van der Waals surface area contributed by atoms with Gasteiger partial charge in [0.05, 0.1) is 0 Å². The first-order valence-corrected chi connectivity index (χ1v) is 7.22. The number of aromatic nitrogens is 1. The number of amidine groups is 1. The lowest BCUT2D eigenvalue weighted by Crippen LogP contribution is -2.17. The molecule has 104 valence electrons. The first kappa shape index (κ1) is 14.4. The molecule has 0 saturated heterocycles. The Bertz CT molecular complexity index is 641. The van der Waals surface area contributed by atoms with Crippen LogP contribution < -0.4 is 5.73 Å². The number of pyridine rings is 1. The quantitative estimate of drug-likeness (QED) is 0.298. The van der Waals surface area contributed by atoms with Crippen LogP contribution in [0.25, 0.3) is 0 Å². The van der Waals surface area contributed by atoms with Gasteiger partial charge in [-0.1, -0.05) is 17.3 Å². The average molecular weight is 287 g/mol. The van der Waals surface area contributed by atoms with Gasteiger partial charge in [-0.05, 0) is 48.7 Å². The van der Waals surface area contributed by atoms with Crippen LogP contribution in [0.5, 0.6) is 0 Å². The third-order valence-corrected chi connectivity index (χ3v) is 4.16. The highest BCUT2D eigenvalue weighted by molar-refractivity contribution is 7.98. The lowest BCUT2D eigenvalue weighted by Gasteiger charge is -2.08. The van der Waals surface area contributed by atoms with Gasteiger partial charge in [-0.3, -0.25) is 4.98 Å². The van der Waals surface area contributed by atoms with Gasteiger partial charge in [0.1, 0.15) is 5.69 Å². The zero-order valence-electron chi connectivity index (χ0n) is 11.5. The summed E-state index contributed by atoms with van der Waals surface area (Å²) in [5.74, 6) is 0.767. The zero-order chi connectivity index (χ0) is 14.5. The maximum atomic E-state index is 8.78. The van der Waals surface area contributed by atoms with Gasteiger partial charge in [0.2, 0.25) is 0 Å². The Morgan fingerprint density at radius 1 is 1.30 bits per heavy atom. The van der Waals surface area contributed by atoms with Crippen LogP contribution in [0.15, 0.2) is 46.6 Å². The van der Waals surface area contributed by atoms with E-state index in [0.717, 1.165) is 11.3 Å². The highest BCUT2D eigenvalue weighted by Crippen LogP contribution is 2.25. The predicted molar refractivity (Wildman–Crippen MR) is 82.2 cm³/mol. The van der Waals surface area contributed by atoms with Crippen molar-refractivity contribution in [3.63, 3.8) is 0 Å². The van der Waals surface area contributed by atoms with Gasteiger partial charge in [-0.25, -0.2) is 0 Å². The van der Waals surface area contributed by atoms with Crippen molar-refractivity contribution in [2.45, 2.75) is 24.5 Å². The van der Waals surface area contributed by atoms with Gasteiger partial charge in [-0.15, -0.1) is 11.8 Å². The van der Waals surface area contributed by atoms with E-state index in [1.807, 2.05) is 12.1 Å². The molecule has 1 aromatic carbocycles. The van der Waals surface area contributed by atoms with Crippen molar-refractivity contribution in [3.05, 3.63) is 58.9 Å². The first-order valence-electron chi connectivity index (χ1n) is 6.23. The second-order valence-corrected chi connectivity index (χ2v) is 5.58. The Morgan fingerprint density at radius 3 is 2.80 bits per heavy atom. The molecule has 0 atom stereocenters. The standard InChI is InChI=1S/C15H17N3OS/c1-10-5-6-13(8-11(10)2)20-9-12-4-3-7-17-14(12)15(16)18-19/h3-8,19H,9H2,1-2H3,(H2,16,18). The lowest BCUT2D eigenvalue weighted by molar-refractivity contribution is 0.318. The number of thioether (sulfide) groups is 1. The summed E-state index contributed by atoms with van der Waals surface area (Å²) in [5, 5.41) is 11.8. The van der Waals surface area contributed by atoms with Crippen molar-refractivity contribution in [1.29, 1.82) is 0 Å². The molecule has 0 radical (unpaired) electrons. The van der Waals surface area contributed by atoms with Crippen LogP contribution in [-0.2, 0) is 5.75 Å². The summed E-state index contributed by atoms with van der Waals surface area (Å²) in [4.78, 5) is 5.36. The summed E-state index contributed by atoms with van der Waals surface area (Å²) in [5.41, 5.74) is 9.68. The highest BCUT2D eigenvalue weighted by Gasteiger charge is 2.08. The Morgan fingerprint density at radius 2 is 2.10 bits per heavy atom. The first-order chi connectivity index (χ1) is 9.61. The van der Waals surface area contributed by atoms with E-state index in [2.05, 4.69) is 42.2 Å². The van der Waals surface area contributed by atoms with Gasteiger partial charge in [0.25, 0.3) is 0 Å². The Balaban J connectivity index is 2.17. The molecule has 2 rings (SSSR count). The van der Waals surface area contributed by atoms with E-state index in [-0.39, 0.29) is 5.84 Å². The van der Waals surface area contributed by atoms with E-state index in [0.29, 0.717) is 5.69 Å². The largest absolute Gasteiger partial charge is 0.409 e. The minimum absolute atomic E-state index is 0.0429. The van der Waals surface area contributed by atoms with Crippen molar-refractivity contribution < 1.29 is 5.21 Å². The van der Waals surface area contributed by atoms with E-state index in [9.17, 15) is 0 Å². The molecule has 2 aromatic rings. The monoisotopic (exact) mass is 287 g/mol. The maximum Gasteiger partial charge on any atom is 0.189 e. The van der Waals surface area contributed by atoms with Crippen molar-refractivity contribution in [1.82, 2.24) is 4.98 Å². The average Bonchev–Trinajstić information content (AvgIpc) is 2.48. The molecule has 1 heterocycles. The van der Waals surface area contributed by atoms with Crippen LogP contribution in [0.1, 0.15) is 22.4 Å². The second kappa shape index (κ2) is 6.43. The number of hydrogen-bond donors (Lipinski definition) is 2. The molecule has 0 saturated carbocycles. The smallest absolute Gasteiger partial charge is 0.189 e. The fourth-order valence-electron chi connectivity index (χ4n) is 1.80. The third kappa shape index (κ3) is 3.30. The number of benzene rings is 1. The highest BCUT2D eigenvalue weighted by atomic mass is 32.2. The molecule has 0 aliphatic heterocycles. The van der Waals surface area contributed by atoms with Crippen molar-refractivity contribution in [3.8, 4) is 0 Å². The number of hydrogen-bond acceptors (Lipinski definition) is 4. The van der Waals surface area contributed by atoms with Gasteiger partial charge in [0, 0.05) is 16.8 Å². The van der Waals surface area contributed by atoms with E-state index in [4.69, 9.17) is 10.9 Å². The minimum atomic E-state index is 0.0429. The molecule has 0 aliphatic carbocycles. The minimum Gasteiger partial charge on any atom is -0.409 e. The predicted octanol–water partition coefficient (Wildman–Crippen LogP) is 3.09. The van der Waals surface area contributed by atoms with Crippen LogP contribution in [0, 0.1) is 13.8 Å². The fourth-order valence-corrected chi connectivity index (χ4v) is 2.78. The Labute approximate surface area is 122 Å². The second-order valence-electron chi connectivity index (χ2n) is 4.53. The van der Waals surface area contributed by atoms with Crippen LogP contribution in [0.3, 0.4) is 0 Å². The molecule has 1 aromatic heterocycles. The molecule has 0 fully saturated rings. The van der Waals surface area contributed by atoms with Crippen LogP contribution >= 0.6 is 11.8 Å². The van der Waals surface area contributed by atoms with Gasteiger partial charge >= 0.3 is 0 Å². The van der Waals surface area contributed by atoms with Crippen LogP contribution in [-0.4, -0.2) is 16.0 Å². The van der Waals surface area contributed by atoms with Gasteiger partial charge in [0.15, 0.2) is 5.84 Å². The lowest BCUT2D eigenvalue weighted by atomic mass is 10.1. The molecule has 0 aliphatic rings. The number of rotatable bonds is 4. The zero-order valence-corrected chi connectivity index (χ0v) is 12.3. The molecule has 4 nitrogen and oxygen atoms in total.